The summed E-state index contributed by atoms with van der Waals surface area (Å²) in [6.07, 6.45) is 4.09. The number of benzene rings is 1. The molecule has 0 bridgehead atoms. The van der Waals surface area contributed by atoms with Crippen LogP contribution in [0.2, 0.25) is 5.02 Å². The van der Waals surface area contributed by atoms with E-state index >= 15 is 0 Å². The van der Waals surface area contributed by atoms with E-state index in [1.165, 1.54) is 0 Å². The Morgan fingerprint density at radius 2 is 1.74 bits per heavy atom. The highest BCUT2D eigenvalue weighted by Gasteiger charge is 2.10. The summed E-state index contributed by atoms with van der Waals surface area (Å²) < 4.78 is 0. The molecule has 7 heteroatoms. The van der Waals surface area contributed by atoms with E-state index in [0.717, 1.165) is 28.1 Å². The summed E-state index contributed by atoms with van der Waals surface area (Å²) in [5, 5.41) is 16.3. The van der Waals surface area contributed by atoms with E-state index in [0.29, 0.717) is 29.8 Å². The molecule has 0 amide bonds. The molecule has 2 aromatic heterocycles. The number of rotatable bonds is 7. The van der Waals surface area contributed by atoms with Crippen LogP contribution >= 0.6 is 11.6 Å². The molecule has 0 spiro atoms. The Balaban J connectivity index is 1.97. The van der Waals surface area contributed by atoms with E-state index in [-0.39, 0.29) is 6.61 Å². The van der Waals surface area contributed by atoms with E-state index in [9.17, 15) is 0 Å². The number of halogens is 1. The van der Waals surface area contributed by atoms with Crippen LogP contribution in [0.25, 0.3) is 11.3 Å². The van der Waals surface area contributed by atoms with Gasteiger partial charge in [0, 0.05) is 47.9 Å². The summed E-state index contributed by atoms with van der Waals surface area (Å²) in [5.74, 6) is 1.18. The largest absolute Gasteiger partial charge is 0.396 e. The molecule has 27 heavy (non-hydrogen) atoms. The predicted octanol–water partition coefficient (Wildman–Crippen LogP) is 4.35. The summed E-state index contributed by atoms with van der Waals surface area (Å²) in [5.41, 5.74) is 4.79. The van der Waals surface area contributed by atoms with Crippen molar-refractivity contribution in [3.8, 4) is 11.3 Å². The lowest BCUT2D eigenvalue weighted by Crippen LogP contribution is -2.09. The predicted molar refractivity (Wildman–Crippen MR) is 110 cm³/mol. The molecule has 140 valence electrons. The van der Waals surface area contributed by atoms with Crippen LogP contribution in [0.3, 0.4) is 0 Å². The summed E-state index contributed by atoms with van der Waals surface area (Å²) in [6, 6.07) is 9.55. The number of hydrogen-bond donors (Lipinski definition) is 3. The lowest BCUT2D eigenvalue weighted by Gasteiger charge is -2.15. The van der Waals surface area contributed by atoms with Crippen molar-refractivity contribution in [1.82, 2.24) is 15.0 Å². The van der Waals surface area contributed by atoms with Crippen LogP contribution in [0.5, 0.6) is 0 Å². The third kappa shape index (κ3) is 4.93. The third-order valence-electron chi connectivity index (χ3n) is 4.07. The summed E-state index contributed by atoms with van der Waals surface area (Å²) in [7, 11) is 0. The molecular weight excluding hydrogens is 362 g/mol. The quantitative estimate of drug-likeness (QED) is 0.526. The van der Waals surface area contributed by atoms with Crippen molar-refractivity contribution in [3.63, 3.8) is 0 Å². The van der Waals surface area contributed by atoms with Gasteiger partial charge >= 0.3 is 0 Å². The highest BCUT2D eigenvalue weighted by atomic mass is 35.5. The first-order valence-electron chi connectivity index (χ1n) is 8.75. The van der Waals surface area contributed by atoms with E-state index in [4.69, 9.17) is 16.7 Å². The molecule has 2 heterocycles. The van der Waals surface area contributed by atoms with E-state index < -0.39 is 0 Å². The molecule has 3 N–H and O–H groups in total. The molecule has 1 aromatic carbocycles. The summed E-state index contributed by atoms with van der Waals surface area (Å²) in [4.78, 5) is 13.2. The zero-order chi connectivity index (χ0) is 19.2. The molecule has 0 saturated heterocycles. The number of anilines is 3. The number of hydrogen-bond acceptors (Lipinski definition) is 6. The van der Waals surface area contributed by atoms with Gasteiger partial charge in [-0.3, -0.25) is 4.98 Å². The van der Waals surface area contributed by atoms with Crippen LogP contribution in [-0.4, -0.2) is 33.2 Å². The first-order valence-corrected chi connectivity index (χ1v) is 9.12. The summed E-state index contributed by atoms with van der Waals surface area (Å²) in [6.45, 7) is 4.72. The van der Waals surface area contributed by atoms with Gasteiger partial charge in [0.25, 0.3) is 0 Å². The standard InChI is InChI=1S/C20H22ClN5O/c1-13-10-16(21)11-14(2)19(13)25-18-12-17(15-4-7-22-8-5-15)24-20(26-18)23-6-3-9-27/h4-5,7-8,10-12,27H,3,6,9H2,1-2H3,(H2,23,24,25,26). The maximum Gasteiger partial charge on any atom is 0.225 e. The minimum absolute atomic E-state index is 0.116. The van der Waals surface area contributed by atoms with Gasteiger partial charge in [-0.15, -0.1) is 0 Å². The molecule has 0 atom stereocenters. The molecule has 0 saturated carbocycles. The van der Waals surface area contributed by atoms with Crippen LogP contribution in [0.15, 0.2) is 42.7 Å². The average Bonchev–Trinajstić information content (AvgIpc) is 2.65. The van der Waals surface area contributed by atoms with Crippen LogP contribution in [-0.2, 0) is 0 Å². The topological polar surface area (TPSA) is 83.0 Å². The minimum Gasteiger partial charge on any atom is -0.396 e. The lowest BCUT2D eigenvalue weighted by atomic mass is 10.1. The van der Waals surface area contributed by atoms with Crippen LogP contribution in [0.1, 0.15) is 17.5 Å². The number of nitrogens with one attached hydrogen (secondary N) is 2. The number of aryl methyl sites for hydroxylation is 2. The molecule has 0 aliphatic carbocycles. The van der Waals surface area contributed by atoms with Crippen LogP contribution in [0.4, 0.5) is 17.5 Å². The van der Waals surface area contributed by atoms with Gasteiger partial charge in [0.1, 0.15) is 5.82 Å². The molecule has 3 rings (SSSR count). The van der Waals surface area contributed by atoms with Crippen molar-refractivity contribution in [2.75, 3.05) is 23.8 Å². The fourth-order valence-corrected chi connectivity index (χ4v) is 3.10. The first kappa shape index (κ1) is 19.1. The van der Waals surface area contributed by atoms with Gasteiger partial charge in [0.2, 0.25) is 5.95 Å². The van der Waals surface area contributed by atoms with E-state index in [2.05, 4.69) is 25.6 Å². The SMILES string of the molecule is Cc1cc(Cl)cc(C)c1Nc1cc(-c2ccncc2)nc(NCCCO)n1. The fourth-order valence-electron chi connectivity index (χ4n) is 2.78. The van der Waals surface area contributed by atoms with Crippen LogP contribution < -0.4 is 10.6 Å². The van der Waals surface area contributed by atoms with Gasteiger partial charge in [-0.05, 0) is 55.7 Å². The first-order chi connectivity index (χ1) is 13.1. The van der Waals surface area contributed by atoms with Crippen molar-refractivity contribution in [3.05, 3.63) is 58.9 Å². The van der Waals surface area contributed by atoms with Gasteiger partial charge < -0.3 is 15.7 Å². The molecule has 6 nitrogen and oxygen atoms in total. The van der Waals surface area contributed by atoms with Gasteiger partial charge in [-0.25, -0.2) is 4.98 Å². The van der Waals surface area contributed by atoms with Gasteiger partial charge in [0.15, 0.2) is 0 Å². The monoisotopic (exact) mass is 383 g/mol. The Kier molecular flexibility index (Phi) is 6.21. The average molecular weight is 384 g/mol. The third-order valence-corrected chi connectivity index (χ3v) is 4.29. The van der Waals surface area contributed by atoms with Crippen molar-refractivity contribution >= 4 is 29.1 Å². The fraction of sp³-hybridized carbons (Fsp3) is 0.250. The van der Waals surface area contributed by atoms with Crippen LogP contribution in [0, 0.1) is 13.8 Å². The Labute approximate surface area is 163 Å². The Morgan fingerprint density at radius 1 is 1.04 bits per heavy atom. The van der Waals surface area contributed by atoms with Crippen molar-refractivity contribution < 1.29 is 5.11 Å². The van der Waals surface area contributed by atoms with Gasteiger partial charge in [0.05, 0.1) is 5.69 Å². The maximum atomic E-state index is 9.00. The minimum atomic E-state index is 0.116. The van der Waals surface area contributed by atoms with E-state index in [1.807, 2.05) is 44.2 Å². The zero-order valence-electron chi connectivity index (χ0n) is 15.3. The second-order valence-electron chi connectivity index (χ2n) is 6.24. The summed E-state index contributed by atoms with van der Waals surface area (Å²) >= 11 is 6.14. The molecular formula is C20H22ClN5O. The number of nitrogens with zero attached hydrogens (tertiary/aromatic N) is 3. The molecule has 0 aliphatic heterocycles. The number of aliphatic hydroxyl groups excluding tert-OH is 1. The molecule has 0 aliphatic rings. The highest BCUT2D eigenvalue weighted by Crippen LogP contribution is 2.29. The Hall–Kier alpha value is -2.70. The molecule has 3 aromatic rings. The normalized spacial score (nSPS) is 10.7. The number of pyridine rings is 1. The highest BCUT2D eigenvalue weighted by molar-refractivity contribution is 6.30. The maximum absolute atomic E-state index is 9.00. The smallest absolute Gasteiger partial charge is 0.225 e. The Morgan fingerprint density at radius 3 is 2.41 bits per heavy atom. The number of aromatic nitrogens is 3. The van der Waals surface area contributed by atoms with Gasteiger partial charge in [-0.2, -0.15) is 4.98 Å². The van der Waals surface area contributed by atoms with Crippen molar-refractivity contribution in [2.45, 2.75) is 20.3 Å². The molecule has 0 radical (unpaired) electrons. The second kappa shape index (κ2) is 8.79. The zero-order valence-corrected chi connectivity index (χ0v) is 16.1. The lowest BCUT2D eigenvalue weighted by molar-refractivity contribution is 0.292. The molecule has 0 unspecified atom stereocenters. The Bertz CT molecular complexity index is 894. The van der Waals surface area contributed by atoms with Gasteiger partial charge in [-0.1, -0.05) is 11.6 Å². The van der Waals surface area contributed by atoms with E-state index in [1.54, 1.807) is 12.4 Å². The van der Waals surface area contributed by atoms with Crippen molar-refractivity contribution in [1.29, 1.82) is 0 Å². The number of aliphatic hydroxyl groups is 1. The molecule has 0 fully saturated rings. The second-order valence-corrected chi connectivity index (χ2v) is 6.68. The van der Waals surface area contributed by atoms with Crippen molar-refractivity contribution in [2.24, 2.45) is 0 Å².